The summed E-state index contributed by atoms with van der Waals surface area (Å²) in [5, 5.41) is 0. The first-order valence-corrected chi connectivity index (χ1v) is 8.59. The topological polar surface area (TPSA) is 72.9 Å². The van der Waals surface area contributed by atoms with Crippen molar-refractivity contribution in [2.45, 2.75) is 39.2 Å². The Morgan fingerprint density at radius 1 is 1.19 bits per heavy atom. The summed E-state index contributed by atoms with van der Waals surface area (Å²) >= 11 is 0. The van der Waals surface area contributed by atoms with Crippen LogP contribution in [0.4, 0.5) is 0 Å². The molecule has 0 saturated carbocycles. The highest BCUT2D eigenvalue weighted by molar-refractivity contribution is 5.95. The molecule has 0 aromatic heterocycles. The molecule has 1 aromatic rings. The minimum absolute atomic E-state index is 0.0421. The zero-order valence-electron chi connectivity index (χ0n) is 15.7. The fourth-order valence-corrected chi connectivity index (χ4v) is 2.62. The highest BCUT2D eigenvalue weighted by Gasteiger charge is 2.26. The molecule has 1 saturated heterocycles. The molecule has 0 spiro atoms. The van der Waals surface area contributed by atoms with Crippen LogP contribution in [0, 0.1) is 0 Å². The molecule has 1 heterocycles. The predicted octanol–water partition coefficient (Wildman–Crippen LogP) is 2.82. The van der Waals surface area contributed by atoms with E-state index in [1.165, 1.54) is 7.11 Å². The fraction of sp³-hybridized carbons (Fsp3) is 0.450. The lowest BCUT2D eigenvalue weighted by atomic mass is 10.1. The van der Waals surface area contributed by atoms with E-state index in [1.54, 1.807) is 56.0 Å². The third-order valence-corrected chi connectivity index (χ3v) is 3.87. The highest BCUT2D eigenvalue weighted by Crippen LogP contribution is 2.18. The van der Waals surface area contributed by atoms with Crippen molar-refractivity contribution in [1.29, 1.82) is 0 Å². The Balaban J connectivity index is 2.26. The molecule has 6 nitrogen and oxygen atoms in total. The van der Waals surface area contributed by atoms with Gasteiger partial charge >= 0.3 is 11.9 Å². The molecule has 0 bridgehead atoms. The average molecular weight is 359 g/mol. The monoisotopic (exact) mass is 359 g/mol. The van der Waals surface area contributed by atoms with Crippen LogP contribution in [-0.2, 0) is 19.1 Å². The second kappa shape index (κ2) is 8.17. The average Bonchev–Trinajstić information content (AvgIpc) is 2.97. The second-order valence-corrected chi connectivity index (χ2v) is 7.20. The maximum Gasteiger partial charge on any atom is 0.337 e. The molecule has 1 amide bonds. The molecule has 0 unspecified atom stereocenters. The Morgan fingerprint density at radius 2 is 1.85 bits per heavy atom. The summed E-state index contributed by atoms with van der Waals surface area (Å²) in [7, 11) is 1.32. The smallest absolute Gasteiger partial charge is 0.337 e. The number of carbonyl (C=O) groups is 3. The number of benzene rings is 1. The van der Waals surface area contributed by atoms with E-state index in [0.29, 0.717) is 24.1 Å². The SMILES string of the molecule is COC(=O)c1ccc(C=C(CN2CCCC2=O)C(=O)OC(C)(C)C)cc1. The zero-order chi connectivity index (χ0) is 19.3. The van der Waals surface area contributed by atoms with Gasteiger partial charge in [0.25, 0.3) is 0 Å². The largest absolute Gasteiger partial charge is 0.465 e. The van der Waals surface area contributed by atoms with Crippen molar-refractivity contribution in [2.24, 2.45) is 0 Å². The molecule has 0 atom stereocenters. The fourth-order valence-electron chi connectivity index (χ4n) is 2.62. The highest BCUT2D eigenvalue weighted by atomic mass is 16.6. The molecule has 26 heavy (non-hydrogen) atoms. The summed E-state index contributed by atoms with van der Waals surface area (Å²) in [6.45, 7) is 6.25. The minimum Gasteiger partial charge on any atom is -0.465 e. The maximum atomic E-state index is 12.6. The van der Waals surface area contributed by atoms with Crippen molar-refractivity contribution in [3.63, 3.8) is 0 Å². The van der Waals surface area contributed by atoms with E-state index in [4.69, 9.17) is 4.74 Å². The number of hydrogen-bond acceptors (Lipinski definition) is 5. The summed E-state index contributed by atoms with van der Waals surface area (Å²) in [4.78, 5) is 37.7. The van der Waals surface area contributed by atoms with E-state index in [0.717, 1.165) is 12.0 Å². The van der Waals surface area contributed by atoms with Crippen molar-refractivity contribution in [2.75, 3.05) is 20.2 Å². The van der Waals surface area contributed by atoms with Gasteiger partial charge in [0.05, 0.1) is 24.8 Å². The van der Waals surface area contributed by atoms with Crippen molar-refractivity contribution >= 4 is 23.9 Å². The van der Waals surface area contributed by atoms with Crippen LogP contribution >= 0.6 is 0 Å². The van der Waals surface area contributed by atoms with Crippen LogP contribution in [0.5, 0.6) is 0 Å². The van der Waals surface area contributed by atoms with Gasteiger partial charge in [-0.3, -0.25) is 4.79 Å². The van der Waals surface area contributed by atoms with E-state index in [-0.39, 0.29) is 12.5 Å². The minimum atomic E-state index is -0.625. The van der Waals surface area contributed by atoms with Crippen LogP contribution < -0.4 is 0 Å². The van der Waals surface area contributed by atoms with E-state index < -0.39 is 17.5 Å². The summed E-state index contributed by atoms with van der Waals surface area (Å²) in [5.41, 5.74) is 0.948. The maximum absolute atomic E-state index is 12.6. The molecule has 0 aliphatic carbocycles. The van der Waals surface area contributed by atoms with Crippen molar-refractivity contribution < 1.29 is 23.9 Å². The third-order valence-electron chi connectivity index (χ3n) is 3.87. The van der Waals surface area contributed by atoms with Gasteiger partial charge < -0.3 is 14.4 Å². The Bertz CT molecular complexity index is 713. The summed E-state index contributed by atoms with van der Waals surface area (Å²) in [5.74, 6) is -0.828. The van der Waals surface area contributed by atoms with Crippen LogP contribution in [0.1, 0.15) is 49.5 Å². The molecule has 140 valence electrons. The standard InChI is InChI=1S/C20H25NO5/c1-20(2,3)26-19(24)16(13-21-11-5-6-17(21)22)12-14-7-9-15(10-8-14)18(23)25-4/h7-10,12H,5-6,11,13H2,1-4H3. The van der Waals surface area contributed by atoms with Gasteiger partial charge in [0.2, 0.25) is 5.91 Å². The number of ether oxygens (including phenoxy) is 2. The Morgan fingerprint density at radius 3 is 2.35 bits per heavy atom. The first kappa shape index (κ1) is 19.7. The van der Waals surface area contributed by atoms with Gasteiger partial charge in [-0.05, 0) is 51.0 Å². The molecular formula is C20H25NO5. The predicted molar refractivity (Wildman–Crippen MR) is 97.4 cm³/mol. The van der Waals surface area contributed by atoms with Crippen LogP contribution in [0.3, 0.4) is 0 Å². The van der Waals surface area contributed by atoms with E-state index >= 15 is 0 Å². The number of amides is 1. The molecule has 1 aromatic carbocycles. The second-order valence-electron chi connectivity index (χ2n) is 7.20. The first-order chi connectivity index (χ1) is 12.2. The summed E-state index contributed by atoms with van der Waals surface area (Å²) < 4.78 is 10.2. The summed E-state index contributed by atoms with van der Waals surface area (Å²) in [6, 6.07) is 6.71. The van der Waals surface area contributed by atoms with E-state index in [2.05, 4.69) is 4.74 Å². The molecule has 1 aliphatic rings. The molecule has 2 rings (SSSR count). The molecule has 1 aliphatic heterocycles. The first-order valence-electron chi connectivity index (χ1n) is 8.59. The van der Waals surface area contributed by atoms with Gasteiger partial charge in [-0.1, -0.05) is 12.1 Å². The van der Waals surface area contributed by atoms with Gasteiger partial charge in [-0.2, -0.15) is 0 Å². The molecular weight excluding hydrogens is 334 g/mol. The quantitative estimate of drug-likeness (QED) is 0.597. The summed E-state index contributed by atoms with van der Waals surface area (Å²) in [6.07, 6.45) is 3.00. The molecule has 0 N–H and O–H groups in total. The van der Waals surface area contributed by atoms with Gasteiger partial charge in [0.1, 0.15) is 5.60 Å². The Hall–Kier alpha value is -2.63. The van der Waals surface area contributed by atoms with Crippen LogP contribution in [0.2, 0.25) is 0 Å². The number of esters is 2. The zero-order valence-corrected chi connectivity index (χ0v) is 15.7. The number of methoxy groups -OCH3 is 1. The number of hydrogen-bond donors (Lipinski definition) is 0. The molecule has 0 radical (unpaired) electrons. The van der Waals surface area contributed by atoms with Crippen LogP contribution in [0.25, 0.3) is 6.08 Å². The lowest BCUT2D eigenvalue weighted by Crippen LogP contribution is -2.32. The third kappa shape index (κ3) is 5.44. The normalized spacial score (nSPS) is 15.2. The van der Waals surface area contributed by atoms with Crippen LogP contribution in [0.15, 0.2) is 29.8 Å². The van der Waals surface area contributed by atoms with Gasteiger partial charge in [-0.25, -0.2) is 9.59 Å². The van der Waals surface area contributed by atoms with E-state index in [9.17, 15) is 14.4 Å². The lowest BCUT2D eigenvalue weighted by molar-refractivity contribution is -0.150. The lowest BCUT2D eigenvalue weighted by Gasteiger charge is -2.23. The number of nitrogens with zero attached hydrogens (tertiary/aromatic N) is 1. The van der Waals surface area contributed by atoms with Gasteiger partial charge in [0, 0.05) is 13.0 Å². The van der Waals surface area contributed by atoms with E-state index in [1.807, 2.05) is 0 Å². The van der Waals surface area contributed by atoms with Crippen molar-refractivity contribution in [3.8, 4) is 0 Å². The van der Waals surface area contributed by atoms with Crippen LogP contribution in [-0.4, -0.2) is 48.5 Å². The molecule has 1 fully saturated rings. The Kier molecular flexibility index (Phi) is 6.18. The Labute approximate surface area is 153 Å². The van der Waals surface area contributed by atoms with Gasteiger partial charge in [-0.15, -0.1) is 0 Å². The number of rotatable bonds is 5. The van der Waals surface area contributed by atoms with Gasteiger partial charge in [0.15, 0.2) is 0 Å². The number of likely N-dealkylation sites (tertiary alicyclic amines) is 1. The van der Waals surface area contributed by atoms with Crippen molar-refractivity contribution in [1.82, 2.24) is 4.90 Å². The number of carbonyl (C=O) groups excluding carboxylic acids is 3. The van der Waals surface area contributed by atoms with Crippen molar-refractivity contribution in [3.05, 3.63) is 41.0 Å². The molecule has 6 heteroatoms.